The lowest BCUT2D eigenvalue weighted by Crippen LogP contribution is -2.60. The Balaban J connectivity index is 1.68. The molecule has 0 spiro atoms. The van der Waals surface area contributed by atoms with Crippen molar-refractivity contribution in [3.8, 4) is 22.8 Å². The molecule has 9 nitrogen and oxygen atoms in total. The standard InChI is InChI=1S/C21H20O9/c22-9-17-18(25)19(26)20(27)21(30-17)28-10-5-6-12-14(24)8-16(29-15(12)7-10)11-3-1-2-4-13(11)23/h1-8,17-23,25-27H,9H2/t17-,18-,19+,20-,21-/m1/s1. The minimum atomic E-state index is -1.58. The first kappa shape index (κ1) is 20.3. The minimum absolute atomic E-state index is 0.0475. The van der Waals surface area contributed by atoms with Crippen molar-refractivity contribution in [2.75, 3.05) is 6.61 Å². The van der Waals surface area contributed by atoms with Gasteiger partial charge in [-0.1, -0.05) is 12.1 Å². The molecule has 1 saturated heterocycles. The fourth-order valence-electron chi connectivity index (χ4n) is 3.32. The van der Waals surface area contributed by atoms with Crippen molar-refractivity contribution in [1.82, 2.24) is 0 Å². The van der Waals surface area contributed by atoms with Gasteiger partial charge in [-0.3, -0.25) is 4.79 Å². The summed E-state index contributed by atoms with van der Waals surface area (Å²) in [6, 6.07) is 12.0. The summed E-state index contributed by atoms with van der Waals surface area (Å²) in [5.41, 5.74) is 0.188. The second-order valence-electron chi connectivity index (χ2n) is 6.97. The Morgan fingerprint density at radius 1 is 0.967 bits per heavy atom. The molecule has 5 atom stereocenters. The van der Waals surface area contributed by atoms with Gasteiger partial charge < -0.3 is 39.4 Å². The topological polar surface area (TPSA) is 150 Å². The highest BCUT2D eigenvalue weighted by Crippen LogP contribution is 2.31. The third-order valence-electron chi connectivity index (χ3n) is 4.97. The Morgan fingerprint density at radius 3 is 2.47 bits per heavy atom. The fraction of sp³-hybridized carbons (Fsp3) is 0.286. The maximum Gasteiger partial charge on any atom is 0.229 e. The molecular formula is C21H20O9. The zero-order valence-corrected chi connectivity index (χ0v) is 15.6. The highest BCUT2D eigenvalue weighted by atomic mass is 16.7. The van der Waals surface area contributed by atoms with Crippen LogP contribution in [0.5, 0.6) is 11.5 Å². The van der Waals surface area contributed by atoms with E-state index in [2.05, 4.69) is 0 Å². The van der Waals surface area contributed by atoms with Crippen molar-refractivity contribution in [1.29, 1.82) is 0 Å². The molecule has 1 fully saturated rings. The van der Waals surface area contributed by atoms with E-state index in [4.69, 9.17) is 13.9 Å². The van der Waals surface area contributed by atoms with Gasteiger partial charge in [-0.2, -0.15) is 0 Å². The molecule has 1 aliphatic heterocycles. The Kier molecular flexibility index (Phi) is 5.46. The summed E-state index contributed by atoms with van der Waals surface area (Å²) in [6.45, 7) is -0.582. The van der Waals surface area contributed by atoms with E-state index in [0.29, 0.717) is 5.56 Å². The van der Waals surface area contributed by atoms with Crippen molar-refractivity contribution in [2.24, 2.45) is 0 Å². The van der Waals surface area contributed by atoms with E-state index < -0.39 is 37.3 Å². The molecule has 0 bridgehead atoms. The summed E-state index contributed by atoms with van der Waals surface area (Å²) >= 11 is 0. The van der Waals surface area contributed by atoms with Gasteiger partial charge in [0.2, 0.25) is 6.29 Å². The van der Waals surface area contributed by atoms with Crippen LogP contribution in [0.3, 0.4) is 0 Å². The molecule has 9 heteroatoms. The van der Waals surface area contributed by atoms with E-state index in [0.717, 1.165) is 0 Å². The van der Waals surface area contributed by atoms with Gasteiger partial charge in [0, 0.05) is 12.1 Å². The van der Waals surface area contributed by atoms with Crippen LogP contribution < -0.4 is 10.2 Å². The molecule has 0 amide bonds. The maximum absolute atomic E-state index is 12.5. The van der Waals surface area contributed by atoms with Gasteiger partial charge in [0.25, 0.3) is 0 Å². The average molecular weight is 416 g/mol. The number of aliphatic hydroxyl groups excluding tert-OH is 4. The molecule has 0 unspecified atom stereocenters. The zero-order valence-electron chi connectivity index (χ0n) is 15.6. The first-order valence-corrected chi connectivity index (χ1v) is 9.22. The number of para-hydroxylation sites is 1. The molecule has 0 saturated carbocycles. The third kappa shape index (κ3) is 3.64. The Morgan fingerprint density at radius 2 is 1.73 bits per heavy atom. The van der Waals surface area contributed by atoms with E-state index in [1.165, 1.54) is 30.3 Å². The summed E-state index contributed by atoms with van der Waals surface area (Å²) in [6.07, 6.45) is -7.13. The summed E-state index contributed by atoms with van der Waals surface area (Å²) < 4.78 is 16.7. The van der Waals surface area contributed by atoms with Crippen molar-refractivity contribution in [2.45, 2.75) is 30.7 Å². The maximum atomic E-state index is 12.5. The van der Waals surface area contributed by atoms with Crippen LogP contribution in [0.4, 0.5) is 0 Å². The lowest BCUT2D eigenvalue weighted by atomic mass is 9.99. The minimum Gasteiger partial charge on any atom is -0.507 e. The zero-order chi connectivity index (χ0) is 21.4. The van der Waals surface area contributed by atoms with Crippen molar-refractivity contribution < 1.29 is 39.4 Å². The van der Waals surface area contributed by atoms with Gasteiger partial charge in [-0.25, -0.2) is 0 Å². The normalized spacial score (nSPS) is 26.6. The summed E-state index contributed by atoms with van der Waals surface area (Å²) in [4.78, 5) is 12.5. The number of phenols is 1. The highest BCUT2D eigenvalue weighted by molar-refractivity contribution is 5.80. The van der Waals surface area contributed by atoms with E-state index in [9.17, 15) is 30.3 Å². The SMILES string of the molecule is O=c1cc(-c2ccccc2O)oc2cc(O[C@@H]3O[C@H](CO)[C@@H](O)[C@H](O)[C@H]3O)ccc12. The Labute approximate surface area is 170 Å². The van der Waals surface area contributed by atoms with Crippen LogP contribution in [-0.4, -0.2) is 62.8 Å². The van der Waals surface area contributed by atoms with Crippen molar-refractivity contribution in [3.63, 3.8) is 0 Å². The summed E-state index contributed by atoms with van der Waals surface area (Å²) in [5, 5.41) is 49.4. The van der Waals surface area contributed by atoms with E-state index in [-0.39, 0.29) is 33.7 Å². The van der Waals surface area contributed by atoms with Crippen LogP contribution in [0, 0.1) is 0 Å². The van der Waals surface area contributed by atoms with E-state index >= 15 is 0 Å². The molecule has 30 heavy (non-hydrogen) atoms. The fourth-order valence-corrected chi connectivity index (χ4v) is 3.32. The monoisotopic (exact) mass is 416 g/mol. The molecule has 1 aromatic heterocycles. The number of hydrogen-bond donors (Lipinski definition) is 5. The number of fused-ring (bicyclic) bond motifs is 1. The summed E-state index contributed by atoms with van der Waals surface area (Å²) in [7, 11) is 0. The molecule has 2 aromatic carbocycles. The second-order valence-corrected chi connectivity index (χ2v) is 6.97. The molecule has 4 rings (SSSR count). The number of phenolic OH excluding ortho intramolecular Hbond substituents is 1. The largest absolute Gasteiger partial charge is 0.507 e. The number of ether oxygens (including phenoxy) is 2. The van der Waals surface area contributed by atoms with Gasteiger partial charge >= 0.3 is 0 Å². The lowest BCUT2D eigenvalue weighted by molar-refractivity contribution is -0.277. The molecule has 1 aliphatic rings. The molecule has 3 aromatic rings. The predicted molar refractivity (Wildman–Crippen MR) is 104 cm³/mol. The van der Waals surface area contributed by atoms with Gasteiger partial charge in [0.15, 0.2) is 5.43 Å². The Hall–Kier alpha value is -2.95. The van der Waals surface area contributed by atoms with Crippen LogP contribution in [0.2, 0.25) is 0 Å². The molecular weight excluding hydrogens is 396 g/mol. The molecule has 5 N–H and O–H groups in total. The quantitative estimate of drug-likeness (QED) is 0.406. The van der Waals surface area contributed by atoms with Gasteiger partial charge in [-0.05, 0) is 24.3 Å². The first-order chi connectivity index (χ1) is 14.4. The number of benzene rings is 2. The Bertz CT molecular complexity index is 1110. The molecule has 0 aliphatic carbocycles. The van der Waals surface area contributed by atoms with Gasteiger partial charge in [0.1, 0.15) is 47.3 Å². The van der Waals surface area contributed by atoms with Crippen LogP contribution in [0.1, 0.15) is 0 Å². The van der Waals surface area contributed by atoms with Gasteiger partial charge in [-0.15, -0.1) is 0 Å². The summed E-state index contributed by atoms with van der Waals surface area (Å²) in [5.74, 6) is 0.272. The molecule has 2 heterocycles. The number of aromatic hydroxyl groups is 1. The molecule has 158 valence electrons. The number of hydrogen-bond acceptors (Lipinski definition) is 9. The van der Waals surface area contributed by atoms with Crippen LogP contribution in [0.25, 0.3) is 22.3 Å². The van der Waals surface area contributed by atoms with Crippen LogP contribution in [0.15, 0.2) is 57.7 Å². The highest BCUT2D eigenvalue weighted by Gasteiger charge is 2.44. The molecule has 0 radical (unpaired) electrons. The van der Waals surface area contributed by atoms with Crippen molar-refractivity contribution in [3.05, 3.63) is 58.8 Å². The predicted octanol–water partition coefficient (Wildman–Crippen LogP) is 0.344. The van der Waals surface area contributed by atoms with E-state index in [1.54, 1.807) is 18.2 Å². The average Bonchev–Trinajstić information content (AvgIpc) is 2.74. The first-order valence-electron chi connectivity index (χ1n) is 9.22. The smallest absolute Gasteiger partial charge is 0.229 e. The van der Waals surface area contributed by atoms with Crippen LogP contribution in [-0.2, 0) is 4.74 Å². The van der Waals surface area contributed by atoms with Crippen LogP contribution >= 0.6 is 0 Å². The third-order valence-corrected chi connectivity index (χ3v) is 4.97. The van der Waals surface area contributed by atoms with Crippen molar-refractivity contribution >= 4 is 11.0 Å². The van der Waals surface area contributed by atoms with E-state index in [1.807, 2.05) is 0 Å². The number of aliphatic hydroxyl groups is 4. The lowest BCUT2D eigenvalue weighted by Gasteiger charge is -2.39. The van der Waals surface area contributed by atoms with Gasteiger partial charge in [0.05, 0.1) is 17.6 Å². The second kappa shape index (κ2) is 8.05. The number of rotatable bonds is 4.